The molecule has 0 aliphatic carbocycles. The van der Waals surface area contributed by atoms with Crippen LogP contribution in [0.25, 0.3) is 0 Å². The summed E-state index contributed by atoms with van der Waals surface area (Å²) in [5, 5.41) is 0. The van der Waals surface area contributed by atoms with Gasteiger partial charge in [0.1, 0.15) is 0 Å². The molecule has 0 bridgehead atoms. The monoisotopic (exact) mass is 176 g/mol. The second-order valence-corrected chi connectivity index (χ2v) is 2.88. The van der Waals surface area contributed by atoms with Gasteiger partial charge in [0, 0.05) is 6.08 Å². The molecule has 0 radical (unpaired) electrons. The largest absolute Gasteiger partial charge is 0.445 e. The maximum absolute atomic E-state index is 10.5. The van der Waals surface area contributed by atoms with Crippen molar-refractivity contribution in [2.75, 3.05) is 0 Å². The molecule has 0 rings (SSSR count). The molecule has 0 aromatic carbocycles. The highest BCUT2D eigenvalue weighted by atomic mass is 31.1. The lowest BCUT2D eigenvalue weighted by molar-refractivity contribution is -0.138. The molecule has 2 unspecified atom stereocenters. The first-order valence-electron chi connectivity index (χ1n) is 2.80. The van der Waals surface area contributed by atoms with Crippen LogP contribution in [0.3, 0.4) is 0 Å². The Morgan fingerprint density at radius 2 is 2.18 bits per heavy atom. The average Bonchev–Trinajstić information content (AvgIpc) is 1.99. The van der Waals surface area contributed by atoms with E-state index in [-0.39, 0.29) is 0 Å². The summed E-state index contributed by atoms with van der Waals surface area (Å²) in [4.78, 5) is 19.0. The molecule has 0 amide bonds. The molecular formula is C6H9O4P. The number of hydrogen-bond acceptors (Lipinski definition) is 3. The Morgan fingerprint density at radius 3 is 2.45 bits per heavy atom. The summed E-state index contributed by atoms with van der Waals surface area (Å²) in [7, 11) is -2.89. The van der Waals surface area contributed by atoms with E-state index in [1.165, 1.54) is 0 Å². The smallest absolute Gasteiger partial charge is 0.331 e. The molecule has 0 heterocycles. The highest BCUT2D eigenvalue weighted by molar-refractivity contribution is 7.38. The zero-order chi connectivity index (χ0) is 8.85. The second-order valence-electron chi connectivity index (χ2n) is 1.64. The van der Waals surface area contributed by atoms with Crippen molar-refractivity contribution in [3.8, 4) is 0 Å². The quantitative estimate of drug-likeness (QED) is 0.296. The van der Waals surface area contributed by atoms with E-state index in [4.69, 9.17) is 4.89 Å². The molecule has 0 aliphatic heterocycles. The van der Waals surface area contributed by atoms with Gasteiger partial charge in [0.05, 0.1) is 0 Å². The van der Waals surface area contributed by atoms with E-state index in [0.717, 1.165) is 12.2 Å². The van der Waals surface area contributed by atoms with Crippen LogP contribution in [0.15, 0.2) is 25.3 Å². The molecule has 0 saturated carbocycles. The fourth-order valence-corrected chi connectivity index (χ4v) is 0.791. The Labute approximate surface area is 65.0 Å². The predicted molar refractivity (Wildman–Crippen MR) is 41.5 cm³/mol. The van der Waals surface area contributed by atoms with Gasteiger partial charge in [-0.1, -0.05) is 13.2 Å². The zero-order valence-electron chi connectivity index (χ0n) is 5.82. The second kappa shape index (κ2) is 4.88. The predicted octanol–water partition coefficient (Wildman–Crippen LogP) is 0.695. The maximum Gasteiger partial charge on any atom is 0.331 e. The van der Waals surface area contributed by atoms with Crippen LogP contribution in [0.1, 0.15) is 0 Å². The summed E-state index contributed by atoms with van der Waals surface area (Å²) in [6.45, 7) is 6.35. The molecule has 0 spiro atoms. The fourth-order valence-electron chi connectivity index (χ4n) is 0.373. The number of ether oxygens (including phenoxy) is 1. The lowest BCUT2D eigenvalue weighted by Crippen LogP contribution is -2.09. The van der Waals surface area contributed by atoms with E-state index < -0.39 is 19.8 Å². The third-order valence-electron chi connectivity index (χ3n) is 0.867. The van der Waals surface area contributed by atoms with E-state index >= 15 is 0 Å². The van der Waals surface area contributed by atoms with Crippen LogP contribution in [0.2, 0.25) is 0 Å². The number of esters is 1. The Hall–Kier alpha value is -0.860. The molecule has 0 fully saturated rings. The van der Waals surface area contributed by atoms with Crippen molar-refractivity contribution in [2.24, 2.45) is 0 Å². The van der Waals surface area contributed by atoms with Gasteiger partial charge in [0.25, 0.3) is 0 Å². The van der Waals surface area contributed by atoms with E-state index in [1.807, 2.05) is 0 Å². The lowest BCUT2D eigenvalue weighted by atomic mass is 10.6. The number of rotatable bonds is 4. The minimum Gasteiger partial charge on any atom is -0.445 e. The molecule has 62 valence electrons. The van der Waals surface area contributed by atoms with Crippen molar-refractivity contribution in [1.82, 2.24) is 0 Å². The van der Waals surface area contributed by atoms with E-state index in [0.29, 0.717) is 0 Å². The van der Waals surface area contributed by atoms with Crippen molar-refractivity contribution >= 4 is 14.0 Å². The molecule has 2 atom stereocenters. The van der Waals surface area contributed by atoms with E-state index in [9.17, 15) is 9.36 Å². The molecule has 0 aromatic rings. The van der Waals surface area contributed by atoms with Crippen LogP contribution in [-0.4, -0.2) is 16.7 Å². The summed E-state index contributed by atoms with van der Waals surface area (Å²) in [5.74, 6) is -1.84. The van der Waals surface area contributed by atoms with Crippen LogP contribution in [0, 0.1) is 0 Å². The Morgan fingerprint density at radius 1 is 1.64 bits per heavy atom. The normalized spacial score (nSPS) is 14.6. The van der Waals surface area contributed by atoms with E-state index in [1.54, 1.807) is 0 Å². The summed E-state index contributed by atoms with van der Waals surface area (Å²) >= 11 is 0. The third-order valence-corrected chi connectivity index (χ3v) is 1.71. The zero-order valence-corrected chi connectivity index (χ0v) is 6.82. The van der Waals surface area contributed by atoms with E-state index in [2.05, 4.69) is 17.9 Å². The molecule has 0 aliphatic rings. The molecule has 11 heavy (non-hydrogen) atoms. The molecule has 1 N–H and O–H groups in total. The third kappa shape index (κ3) is 3.75. The van der Waals surface area contributed by atoms with Crippen LogP contribution in [0.5, 0.6) is 0 Å². The van der Waals surface area contributed by atoms with Gasteiger partial charge in [-0.15, -0.1) is 0 Å². The van der Waals surface area contributed by atoms with Gasteiger partial charge < -0.3 is 9.63 Å². The molecule has 0 aromatic heterocycles. The first kappa shape index (κ1) is 10.1. The van der Waals surface area contributed by atoms with Crippen LogP contribution >= 0.6 is 8.03 Å². The van der Waals surface area contributed by atoms with Gasteiger partial charge in [-0.2, -0.15) is 0 Å². The molecule has 0 saturated heterocycles. The maximum atomic E-state index is 10.5. The highest BCUT2D eigenvalue weighted by Crippen LogP contribution is 2.24. The van der Waals surface area contributed by atoms with Gasteiger partial charge in [-0.25, -0.2) is 4.79 Å². The summed E-state index contributed by atoms with van der Waals surface area (Å²) in [6.07, 6.45) is 2.02. The summed E-state index contributed by atoms with van der Waals surface area (Å²) < 4.78 is 14.8. The molecule has 5 heteroatoms. The van der Waals surface area contributed by atoms with Crippen molar-refractivity contribution in [3.63, 3.8) is 0 Å². The SMILES string of the molecule is C=CC(=O)OC(C=C)[PH](=O)O. The first-order valence-corrected chi connectivity index (χ1v) is 4.23. The van der Waals surface area contributed by atoms with Gasteiger partial charge >= 0.3 is 5.97 Å². The fraction of sp³-hybridized carbons (Fsp3) is 0.167. The Kier molecular flexibility index (Phi) is 4.50. The minimum absolute atomic E-state index is 0.734. The minimum atomic E-state index is -2.89. The summed E-state index contributed by atoms with van der Waals surface area (Å²) in [5.41, 5.74) is 0. The van der Waals surface area contributed by atoms with Gasteiger partial charge in [-0.05, 0) is 6.08 Å². The van der Waals surface area contributed by atoms with Gasteiger partial charge in [-0.3, -0.25) is 4.57 Å². The number of carbonyl (C=O) groups is 1. The Balaban J connectivity index is 4.08. The highest BCUT2D eigenvalue weighted by Gasteiger charge is 2.12. The number of hydrogen-bond donors (Lipinski definition) is 1. The molecule has 4 nitrogen and oxygen atoms in total. The van der Waals surface area contributed by atoms with Crippen molar-refractivity contribution in [3.05, 3.63) is 25.3 Å². The van der Waals surface area contributed by atoms with Gasteiger partial charge in [0.15, 0.2) is 5.85 Å². The molecular weight excluding hydrogens is 167 g/mol. The first-order chi connectivity index (χ1) is 5.11. The average molecular weight is 176 g/mol. The topological polar surface area (TPSA) is 63.6 Å². The van der Waals surface area contributed by atoms with Crippen LogP contribution in [-0.2, 0) is 14.1 Å². The Bertz CT molecular complexity index is 199. The number of carbonyl (C=O) groups excluding carboxylic acids is 1. The lowest BCUT2D eigenvalue weighted by Gasteiger charge is -2.07. The van der Waals surface area contributed by atoms with Crippen LogP contribution < -0.4 is 0 Å². The van der Waals surface area contributed by atoms with Crippen LogP contribution in [0.4, 0.5) is 0 Å². The van der Waals surface area contributed by atoms with Crippen molar-refractivity contribution < 1.29 is 19.0 Å². The summed E-state index contributed by atoms with van der Waals surface area (Å²) in [6, 6.07) is 0. The van der Waals surface area contributed by atoms with Crippen molar-refractivity contribution in [2.45, 2.75) is 5.85 Å². The standard InChI is InChI=1S/C6H9O4P/c1-3-5(7)10-6(4-2)11(8)9/h3-4,6,11H,1-2H2,(H,8,9). The van der Waals surface area contributed by atoms with Gasteiger partial charge in [0.2, 0.25) is 8.03 Å². The van der Waals surface area contributed by atoms with Crippen molar-refractivity contribution in [1.29, 1.82) is 0 Å².